The van der Waals surface area contributed by atoms with Gasteiger partial charge in [0.2, 0.25) is 0 Å². The first-order valence-corrected chi connectivity index (χ1v) is 5.23. The van der Waals surface area contributed by atoms with Gasteiger partial charge in [0.1, 0.15) is 0 Å². The van der Waals surface area contributed by atoms with Crippen molar-refractivity contribution in [3.05, 3.63) is 42.1 Å². The lowest BCUT2D eigenvalue weighted by Crippen LogP contribution is -2.06. The Hall–Kier alpha value is -2.63. The number of anilines is 3. The average Bonchev–Trinajstić information content (AvgIpc) is 2.41. The lowest BCUT2D eigenvalue weighted by molar-refractivity contribution is 0.0593. The van der Waals surface area contributed by atoms with Crippen molar-refractivity contribution in [1.82, 2.24) is 10.2 Å². The maximum atomic E-state index is 11.2. The molecule has 0 aliphatic rings. The molecule has 0 spiro atoms. The summed E-state index contributed by atoms with van der Waals surface area (Å²) in [5.74, 6) is 0.0222. The number of nitrogen functional groups attached to an aromatic ring is 1. The Labute approximate surface area is 104 Å². The van der Waals surface area contributed by atoms with Crippen molar-refractivity contribution in [3.8, 4) is 0 Å². The van der Waals surface area contributed by atoms with Crippen LogP contribution in [0.4, 0.5) is 17.2 Å². The van der Waals surface area contributed by atoms with Crippen LogP contribution in [0.25, 0.3) is 0 Å². The minimum absolute atomic E-state index is 0.167. The Morgan fingerprint density at radius 2 is 1.89 bits per heavy atom. The van der Waals surface area contributed by atoms with Gasteiger partial charge in [-0.25, -0.2) is 4.79 Å². The van der Waals surface area contributed by atoms with Gasteiger partial charge >= 0.3 is 5.97 Å². The molecule has 1 heterocycles. The third kappa shape index (κ3) is 2.73. The van der Waals surface area contributed by atoms with Gasteiger partial charge in [0.05, 0.1) is 7.11 Å². The van der Waals surface area contributed by atoms with E-state index in [1.807, 2.05) is 12.1 Å². The first-order chi connectivity index (χ1) is 8.69. The molecule has 0 bridgehead atoms. The molecule has 0 fully saturated rings. The molecule has 0 unspecified atom stereocenters. The number of nitrogens with two attached hydrogens (primary N) is 1. The second-order valence-electron chi connectivity index (χ2n) is 3.54. The Balaban J connectivity index is 2.10. The van der Waals surface area contributed by atoms with Crippen molar-refractivity contribution >= 4 is 23.2 Å². The number of nitrogens with one attached hydrogen (secondary N) is 1. The summed E-state index contributed by atoms with van der Waals surface area (Å²) >= 11 is 0. The maximum Gasteiger partial charge on any atom is 0.358 e. The van der Waals surface area contributed by atoms with Gasteiger partial charge in [0, 0.05) is 11.4 Å². The highest BCUT2D eigenvalue weighted by molar-refractivity contribution is 5.87. The number of carbonyl (C=O) groups excluding carboxylic acids is 1. The summed E-state index contributed by atoms with van der Waals surface area (Å²) in [7, 11) is 1.30. The third-order valence-corrected chi connectivity index (χ3v) is 2.24. The Morgan fingerprint density at radius 3 is 2.44 bits per heavy atom. The van der Waals surface area contributed by atoms with Crippen molar-refractivity contribution in [1.29, 1.82) is 0 Å². The van der Waals surface area contributed by atoms with Gasteiger partial charge in [-0.2, -0.15) is 0 Å². The number of aromatic nitrogens is 2. The third-order valence-electron chi connectivity index (χ3n) is 2.24. The highest BCUT2D eigenvalue weighted by Gasteiger charge is 2.07. The van der Waals surface area contributed by atoms with Crippen molar-refractivity contribution in [2.24, 2.45) is 0 Å². The van der Waals surface area contributed by atoms with Gasteiger partial charge in [0.25, 0.3) is 0 Å². The van der Waals surface area contributed by atoms with E-state index in [0.717, 1.165) is 5.69 Å². The topological polar surface area (TPSA) is 90.1 Å². The number of methoxy groups -OCH3 is 1. The van der Waals surface area contributed by atoms with E-state index in [9.17, 15) is 4.79 Å². The zero-order valence-corrected chi connectivity index (χ0v) is 9.75. The molecule has 92 valence electrons. The molecule has 0 amide bonds. The number of nitrogens with zero attached hydrogens (tertiary/aromatic N) is 2. The molecule has 1 aromatic carbocycles. The van der Waals surface area contributed by atoms with Gasteiger partial charge in [-0.1, -0.05) is 0 Å². The Morgan fingerprint density at radius 1 is 1.17 bits per heavy atom. The van der Waals surface area contributed by atoms with Crippen molar-refractivity contribution < 1.29 is 9.53 Å². The molecular weight excluding hydrogens is 232 g/mol. The summed E-state index contributed by atoms with van der Waals surface area (Å²) in [4.78, 5) is 11.2. The van der Waals surface area contributed by atoms with E-state index in [4.69, 9.17) is 5.73 Å². The monoisotopic (exact) mass is 244 g/mol. The highest BCUT2D eigenvalue weighted by Crippen LogP contribution is 2.15. The van der Waals surface area contributed by atoms with Crippen LogP contribution >= 0.6 is 0 Å². The molecule has 0 radical (unpaired) electrons. The van der Waals surface area contributed by atoms with Crippen molar-refractivity contribution in [2.75, 3.05) is 18.2 Å². The summed E-state index contributed by atoms with van der Waals surface area (Å²) in [6, 6.07) is 10.4. The van der Waals surface area contributed by atoms with Gasteiger partial charge in [-0.3, -0.25) is 0 Å². The maximum absolute atomic E-state index is 11.2. The molecule has 0 aliphatic heterocycles. The normalized spacial score (nSPS) is 9.83. The fourth-order valence-corrected chi connectivity index (χ4v) is 1.33. The largest absolute Gasteiger partial charge is 0.464 e. The Bertz CT molecular complexity index is 537. The lowest BCUT2D eigenvalue weighted by Gasteiger charge is -2.05. The zero-order valence-electron chi connectivity index (χ0n) is 9.75. The minimum atomic E-state index is -0.512. The van der Waals surface area contributed by atoms with Crippen LogP contribution in [0.3, 0.4) is 0 Å². The van der Waals surface area contributed by atoms with E-state index < -0.39 is 5.97 Å². The first kappa shape index (κ1) is 11.8. The first-order valence-electron chi connectivity index (χ1n) is 5.23. The van der Waals surface area contributed by atoms with Gasteiger partial charge in [0.15, 0.2) is 11.5 Å². The molecular formula is C12H12N4O2. The average molecular weight is 244 g/mol. The van der Waals surface area contributed by atoms with Gasteiger partial charge in [-0.05, 0) is 36.4 Å². The number of ether oxygens (including phenoxy) is 1. The van der Waals surface area contributed by atoms with Crippen LogP contribution < -0.4 is 11.1 Å². The lowest BCUT2D eigenvalue weighted by atomic mass is 10.3. The van der Waals surface area contributed by atoms with Crippen LogP contribution in [-0.2, 0) is 4.74 Å². The van der Waals surface area contributed by atoms with Crippen LogP contribution in [-0.4, -0.2) is 23.3 Å². The highest BCUT2D eigenvalue weighted by atomic mass is 16.5. The van der Waals surface area contributed by atoms with Crippen LogP contribution in [0, 0.1) is 0 Å². The molecule has 0 saturated heterocycles. The van der Waals surface area contributed by atoms with E-state index in [1.165, 1.54) is 7.11 Å². The smallest absolute Gasteiger partial charge is 0.358 e. The molecule has 0 aliphatic carbocycles. The van der Waals surface area contributed by atoms with E-state index in [0.29, 0.717) is 11.5 Å². The molecule has 6 nitrogen and oxygen atoms in total. The van der Waals surface area contributed by atoms with E-state index in [-0.39, 0.29) is 5.69 Å². The molecule has 2 aromatic rings. The summed E-state index contributed by atoms with van der Waals surface area (Å²) in [5.41, 5.74) is 7.27. The summed E-state index contributed by atoms with van der Waals surface area (Å²) < 4.78 is 4.53. The van der Waals surface area contributed by atoms with Gasteiger partial charge in [-0.15, -0.1) is 10.2 Å². The predicted octanol–water partition coefficient (Wildman–Crippen LogP) is 1.59. The minimum Gasteiger partial charge on any atom is -0.464 e. The summed E-state index contributed by atoms with van der Waals surface area (Å²) in [6.45, 7) is 0. The van der Waals surface area contributed by atoms with Crippen LogP contribution in [0.5, 0.6) is 0 Å². The fraction of sp³-hybridized carbons (Fsp3) is 0.0833. The fourth-order valence-electron chi connectivity index (χ4n) is 1.33. The van der Waals surface area contributed by atoms with Crippen molar-refractivity contribution in [2.45, 2.75) is 0 Å². The number of hydrogen-bond donors (Lipinski definition) is 2. The molecule has 18 heavy (non-hydrogen) atoms. The van der Waals surface area contributed by atoms with E-state index >= 15 is 0 Å². The molecule has 1 aromatic heterocycles. The quantitative estimate of drug-likeness (QED) is 0.629. The molecule has 3 N–H and O–H groups in total. The zero-order chi connectivity index (χ0) is 13.0. The second kappa shape index (κ2) is 5.13. The van der Waals surface area contributed by atoms with E-state index in [1.54, 1.807) is 24.3 Å². The van der Waals surface area contributed by atoms with Gasteiger partial charge < -0.3 is 15.8 Å². The molecule has 0 saturated carbocycles. The Kier molecular flexibility index (Phi) is 3.38. The number of benzene rings is 1. The molecule has 6 heteroatoms. The number of rotatable bonds is 3. The molecule has 2 rings (SSSR count). The van der Waals surface area contributed by atoms with Crippen LogP contribution in [0.1, 0.15) is 10.5 Å². The SMILES string of the molecule is COC(=O)c1ccc(Nc2ccc(N)cc2)nn1. The number of hydrogen-bond acceptors (Lipinski definition) is 6. The predicted molar refractivity (Wildman–Crippen MR) is 67.5 cm³/mol. The standard InChI is InChI=1S/C12H12N4O2/c1-18-12(17)10-6-7-11(16-15-10)14-9-4-2-8(13)3-5-9/h2-7H,13H2,1H3,(H,14,16). The summed E-state index contributed by atoms with van der Waals surface area (Å²) in [6.07, 6.45) is 0. The number of carbonyl (C=O) groups is 1. The second-order valence-corrected chi connectivity index (χ2v) is 3.54. The summed E-state index contributed by atoms with van der Waals surface area (Å²) in [5, 5.41) is 10.7. The van der Waals surface area contributed by atoms with E-state index in [2.05, 4.69) is 20.3 Å². The van der Waals surface area contributed by atoms with Crippen molar-refractivity contribution in [3.63, 3.8) is 0 Å². The number of esters is 1. The van der Waals surface area contributed by atoms with Crippen LogP contribution in [0.15, 0.2) is 36.4 Å². The van der Waals surface area contributed by atoms with Crippen LogP contribution in [0.2, 0.25) is 0 Å². The molecule has 0 atom stereocenters.